The number of hydrogen-bond donors (Lipinski definition) is 3. The topological polar surface area (TPSA) is 128 Å². The van der Waals surface area contributed by atoms with Gasteiger partial charge in [-0.05, 0) is 18.2 Å². The van der Waals surface area contributed by atoms with E-state index in [0.29, 0.717) is 0 Å². The molecule has 9 heteroatoms. The van der Waals surface area contributed by atoms with Crippen molar-refractivity contribution in [2.45, 2.75) is 0 Å². The van der Waals surface area contributed by atoms with Crippen LogP contribution in [0.2, 0.25) is 0 Å². The number of phenolic OH excluding ortho intramolecular Hbond substituents is 2. The molecule has 0 spiro atoms. The molecule has 9 nitrogen and oxygen atoms in total. The van der Waals surface area contributed by atoms with Gasteiger partial charge in [-0.1, -0.05) is 0 Å². The molecule has 3 N–H and O–H groups in total. The monoisotopic (exact) mass is 390 g/mol. The molecule has 1 heterocycles. The Morgan fingerprint density at radius 2 is 1.46 bits per heavy atom. The fraction of sp³-hybridized carbons (Fsp3) is 0.211. The third-order valence-corrected chi connectivity index (χ3v) is 4.21. The van der Waals surface area contributed by atoms with Gasteiger partial charge in [-0.3, -0.25) is 4.79 Å². The second-order valence-electron chi connectivity index (χ2n) is 5.65. The number of rotatable bonds is 5. The zero-order valence-corrected chi connectivity index (χ0v) is 15.5. The van der Waals surface area contributed by atoms with Gasteiger partial charge in [-0.2, -0.15) is 0 Å². The molecular formula is C19H18O9. The van der Waals surface area contributed by atoms with E-state index in [0.717, 1.165) is 0 Å². The number of ether oxygens (including phenoxy) is 4. The van der Waals surface area contributed by atoms with Crippen molar-refractivity contribution < 1.29 is 38.7 Å². The SMILES string of the molecule is COc1ccc(-c2oc3c(OC)c(OC)c(OC)c(O)c3c(=O)c2O)cc1O. The summed E-state index contributed by atoms with van der Waals surface area (Å²) < 4.78 is 26.3. The van der Waals surface area contributed by atoms with Gasteiger partial charge in [0, 0.05) is 5.56 Å². The lowest BCUT2D eigenvalue weighted by atomic mass is 10.1. The van der Waals surface area contributed by atoms with Crippen LogP contribution in [0.25, 0.3) is 22.3 Å². The predicted molar refractivity (Wildman–Crippen MR) is 99.1 cm³/mol. The predicted octanol–water partition coefficient (Wildman–Crippen LogP) is 2.61. The maximum Gasteiger partial charge on any atom is 0.239 e. The van der Waals surface area contributed by atoms with E-state index in [9.17, 15) is 20.1 Å². The van der Waals surface area contributed by atoms with Crippen molar-refractivity contribution in [1.82, 2.24) is 0 Å². The van der Waals surface area contributed by atoms with Crippen LogP contribution >= 0.6 is 0 Å². The Kier molecular flexibility index (Phi) is 4.83. The Bertz CT molecular complexity index is 1120. The van der Waals surface area contributed by atoms with Gasteiger partial charge in [0.25, 0.3) is 0 Å². The van der Waals surface area contributed by atoms with Gasteiger partial charge in [0.1, 0.15) is 5.39 Å². The van der Waals surface area contributed by atoms with E-state index in [1.807, 2.05) is 0 Å². The molecule has 0 unspecified atom stereocenters. The van der Waals surface area contributed by atoms with Crippen molar-refractivity contribution in [1.29, 1.82) is 0 Å². The Morgan fingerprint density at radius 1 is 0.821 bits per heavy atom. The molecule has 0 radical (unpaired) electrons. The minimum atomic E-state index is -0.914. The molecule has 148 valence electrons. The molecule has 3 rings (SSSR count). The standard InChI is InChI=1S/C19H18O9/c1-24-10-6-5-8(7-9(10)20)15-14(23)12(21)11-13(22)17(25-2)19(27-4)18(26-3)16(11)28-15/h5-7,20,22-23H,1-4H3. The van der Waals surface area contributed by atoms with E-state index in [2.05, 4.69) is 0 Å². The van der Waals surface area contributed by atoms with Gasteiger partial charge in [0.2, 0.25) is 28.4 Å². The van der Waals surface area contributed by atoms with Crippen LogP contribution in [-0.2, 0) is 0 Å². The molecule has 2 aromatic carbocycles. The first kappa shape index (κ1) is 19.0. The quantitative estimate of drug-likeness (QED) is 0.602. The average molecular weight is 390 g/mol. The van der Waals surface area contributed by atoms with Crippen LogP contribution in [-0.4, -0.2) is 43.8 Å². The number of hydrogen-bond acceptors (Lipinski definition) is 9. The highest BCUT2D eigenvalue weighted by Gasteiger charge is 2.28. The lowest BCUT2D eigenvalue weighted by Crippen LogP contribution is -2.06. The zero-order chi connectivity index (χ0) is 20.6. The van der Waals surface area contributed by atoms with Gasteiger partial charge < -0.3 is 38.7 Å². The summed E-state index contributed by atoms with van der Waals surface area (Å²) in [5.41, 5.74) is -0.875. The lowest BCUT2D eigenvalue weighted by molar-refractivity contribution is 0.311. The number of benzene rings is 2. The first-order valence-electron chi connectivity index (χ1n) is 7.97. The van der Waals surface area contributed by atoms with E-state index < -0.39 is 16.9 Å². The third kappa shape index (κ3) is 2.68. The largest absolute Gasteiger partial charge is 0.504 e. The first-order valence-corrected chi connectivity index (χ1v) is 7.97. The van der Waals surface area contributed by atoms with E-state index in [1.165, 1.54) is 46.6 Å². The van der Waals surface area contributed by atoms with E-state index in [-0.39, 0.29) is 51.0 Å². The zero-order valence-electron chi connectivity index (χ0n) is 15.5. The van der Waals surface area contributed by atoms with Crippen LogP contribution in [0.4, 0.5) is 0 Å². The summed E-state index contributed by atoms with van der Waals surface area (Å²) in [5, 5.41) is 30.5. The average Bonchev–Trinajstić information content (AvgIpc) is 2.69. The minimum Gasteiger partial charge on any atom is -0.504 e. The van der Waals surface area contributed by atoms with Crippen molar-refractivity contribution >= 4 is 11.0 Å². The number of methoxy groups -OCH3 is 4. The second kappa shape index (κ2) is 7.10. The molecule has 1 aromatic heterocycles. The summed E-state index contributed by atoms with van der Waals surface area (Å²) in [5.74, 6) is -1.73. The molecule has 0 aliphatic rings. The molecule has 0 saturated carbocycles. The smallest absolute Gasteiger partial charge is 0.239 e. The van der Waals surface area contributed by atoms with E-state index in [1.54, 1.807) is 0 Å². The highest BCUT2D eigenvalue weighted by atomic mass is 16.5. The summed E-state index contributed by atoms with van der Waals surface area (Å²) >= 11 is 0. The molecule has 0 amide bonds. The van der Waals surface area contributed by atoms with Gasteiger partial charge in [0.15, 0.2) is 28.6 Å². The molecule has 0 bridgehead atoms. The lowest BCUT2D eigenvalue weighted by Gasteiger charge is -2.16. The Morgan fingerprint density at radius 3 is 2.00 bits per heavy atom. The maximum atomic E-state index is 12.8. The molecule has 3 aromatic rings. The summed E-state index contributed by atoms with van der Waals surface area (Å²) in [4.78, 5) is 12.8. The Labute approximate surface area is 158 Å². The van der Waals surface area contributed by atoms with Crippen molar-refractivity contribution in [3.05, 3.63) is 28.4 Å². The second-order valence-corrected chi connectivity index (χ2v) is 5.65. The van der Waals surface area contributed by atoms with Crippen LogP contribution < -0.4 is 24.4 Å². The van der Waals surface area contributed by atoms with Gasteiger partial charge >= 0.3 is 0 Å². The number of aromatic hydroxyl groups is 3. The fourth-order valence-electron chi connectivity index (χ4n) is 2.92. The van der Waals surface area contributed by atoms with Crippen LogP contribution in [0, 0.1) is 0 Å². The summed E-state index contributed by atoms with van der Waals surface area (Å²) in [6, 6.07) is 4.18. The van der Waals surface area contributed by atoms with Crippen LogP contribution in [0.3, 0.4) is 0 Å². The summed E-state index contributed by atoms with van der Waals surface area (Å²) in [7, 11) is 5.31. The van der Waals surface area contributed by atoms with Crippen molar-refractivity contribution in [3.8, 4) is 51.6 Å². The molecule has 0 atom stereocenters. The molecule has 0 saturated heterocycles. The summed E-state index contributed by atoms with van der Waals surface area (Å²) in [6.07, 6.45) is 0. The van der Waals surface area contributed by atoms with Crippen LogP contribution in [0.15, 0.2) is 27.4 Å². The minimum absolute atomic E-state index is 0.00682. The first-order chi connectivity index (χ1) is 13.4. The molecule has 0 aliphatic carbocycles. The number of phenols is 2. The molecule has 28 heavy (non-hydrogen) atoms. The van der Waals surface area contributed by atoms with Crippen molar-refractivity contribution in [2.24, 2.45) is 0 Å². The highest BCUT2D eigenvalue weighted by molar-refractivity contribution is 5.96. The van der Waals surface area contributed by atoms with E-state index in [4.69, 9.17) is 23.4 Å². The normalized spacial score (nSPS) is 10.7. The van der Waals surface area contributed by atoms with Crippen molar-refractivity contribution in [3.63, 3.8) is 0 Å². The van der Waals surface area contributed by atoms with E-state index >= 15 is 0 Å². The van der Waals surface area contributed by atoms with Crippen LogP contribution in [0.5, 0.6) is 40.2 Å². The molecule has 0 aliphatic heterocycles. The van der Waals surface area contributed by atoms with Crippen LogP contribution in [0.1, 0.15) is 0 Å². The molecular weight excluding hydrogens is 372 g/mol. The number of fused-ring (bicyclic) bond motifs is 1. The Balaban J connectivity index is 2.44. The summed E-state index contributed by atoms with van der Waals surface area (Å²) in [6.45, 7) is 0. The van der Waals surface area contributed by atoms with Crippen molar-refractivity contribution in [2.75, 3.05) is 28.4 Å². The maximum absolute atomic E-state index is 12.8. The van der Waals surface area contributed by atoms with Gasteiger partial charge in [-0.15, -0.1) is 0 Å². The molecule has 0 fully saturated rings. The Hall–Kier alpha value is -3.75. The van der Waals surface area contributed by atoms with Gasteiger partial charge in [0.05, 0.1) is 28.4 Å². The van der Waals surface area contributed by atoms with Gasteiger partial charge in [-0.25, -0.2) is 0 Å². The highest BCUT2D eigenvalue weighted by Crippen LogP contribution is 2.51. The fourth-order valence-corrected chi connectivity index (χ4v) is 2.92. The third-order valence-electron chi connectivity index (χ3n) is 4.21.